The average Bonchev–Trinajstić information content (AvgIpc) is 3.64. The number of anilines is 2. The molecule has 0 radical (unpaired) electrons. The maximum atomic E-state index is 14.8. The summed E-state index contributed by atoms with van der Waals surface area (Å²) >= 11 is 1.68. The number of aliphatic hydroxyl groups is 1. The summed E-state index contributed by atoms with van der Waals surface area (Å²) < 4.78 is 4.60. The minimum absolute atomic E-state index is 0.0536. The Morgan fingerprint density at radius 3 is 2.25 bits per heavy atom. The fourth-order valence-electron chi connectivity index (χ4n) is 7.49. The molecule has 234 valence electrons. The number of hydrogen-bond acceptors (Lipinski definition) is 6. The zero-order valence-corrected chi connectivity index (χ0v) is 26.5. The van der Waals surface area contributed by atoms with Crippen LogP contribution in [0.1, 0.15) is 32.6 Å². The van der Waals surface area contributed by atoms with Crippen LogP contribution in [0.2, 0.25) is 0 Å². The van der Waals surface area contributed by atoms with Gasteiger partial charge in [0.2, 0.25) is 11.8 Å². The monoisotopic (exact) mass is 617 g/mol. The van der Waals surface area contributed by atoms with Gasteiger partial charge < -0.3 is 24.5 Å². The second-order valence-electron chi connectivity index (χ2n) is 11.9. The second kappa shape index (κ2) is 13.6. The largest absolute Gasteiger partial charge is 0.497 e. The number of likely N-dealkylation sites (tertiary alicyclic amines) is 1. The van der Waals surface area contributed by atoms with Crippen LogP contribution in [-0.4, -0.2) is 77.1 Å². The van der Waals surface area contributed by atoms with Gasteiger partial charge in [-0.15, -0.1) is 24.9 Å². The number of hydrogen-bond donors (Lipinski definition) is 1. The molecule has 6 atom stereocenters. The third-order valence-corrected chi connectivity index (χ3v) is 11.5. The molecule has 0 aliphatic carbocycles. The molecule has 1 spiro atoms. The number of methoxy groups -OCH3 is 1. The third kappa shape index (κ3) is 5.45. The molecule has 3 amide bonds. The summed E-state index contributed by atoms with van der Waals surface area (Å²) in [4.78, 5) is 49.1. The smallest absolute Gasteiger partial charge is 0.251 e. The predicted octanol–water partition coefficient (Wildman–Crippen LogP) is 4.93. The first-order chi connectivity index (χ1) is 21.3. The number of nitrogens with zero attached hydrogens (tertiary/aromatic N) is 3. The Labute approximate surface area is 264 Å². The summed E-state index contributed by atoms with van der Waals surface area (Å²) in [5.74, 6) is -0.791. The molecule has 3 heterocycles. The van der Waals surface area contributed by atoms with E-state index >= 15 is 0 Å². The van der Waals surface area contributed by atoms with Gasteiger partial charge in [0.15, 0.2) is 0 Å². The number of carbonyl (C=O) groups is 3. The van der Waals surface area contributed by atoms with Crippen LogP contribution in [0.15, 0.2) is 79.9 Å². The number of rotatable bonds is 14. The van der Waals surface area contributed by atoms with Crippen LogP contribution in [-0.2, 0) is 14.4 Å². The van der Waals surface area contributed by atoms with Crippen molar-refractivity contribution < 1.29 is 24.2 Å². The van der Waals surface area contributed by atoms with Crippen molar-refractivity contribution in [2.24, 2.45) is 17.8 Å². The maximum Gasteiger partial charge on any atom is 0.251 e. The lowest BCUT2D eigenvalue weighted by Gasteiger charge is -2.41. The minimum Gasteiger partial charge on any atom is -0.497 e. The molecule has 5 rings (SSSR count). The molecule has 3 aliphatic rings. The highest BCUT2D eigenvalue weighted by Crippen LogP contribution is 2.69. The number of aliphatic hydroxyl groups excluding tert-OH is 1. The summed E-state index contributed by atoms with van der Waals surface area (Å²) in [6.07, 6.45) is 6.20. The van der Waals surface area contributed by atoms with Crippen LogP contribution in [0.3, 0.4) is 0 Å². The number of amides is 3. The number of para-hydroxylation sites is 1. The highest BCUT2D eigenvalue weighted by atomic mass is 32.2. The van der Waals surface area contributed by atoms with E-state index in [1.807, 2.05) is 54.6 Å². The molecule has 0 saturated carbocycles. The minimum atomic E-state index is -0.738. The lowest BCUT2D eigenvalue weighted by molar-refractivity contribution is -0.139. The van der Waals surface area contributed by atoms with E-state index < -0.39 is 22.6 Å². The van der Waals surface area contributed by atoms with Crippen LogP contribution >= 0.6 is 11.8 Å². The van der Waals surface area contributed by atoms with E-state index in [1.165, 1.54) is 0 Å². The van der Waals surface area contributed by atoms with E-state index in [2.05, 4.69) is 20.1 Å². The molecular formula is C35H43N3O5S. The molecule has 2 aromatic carbocycles. The van der Waals surface area contributed by atoms with E-state index in [0.717, 1.165) is 18.5 Å². The summed E-state index contributed by atoms with van der Waals surface area (Å²) in [6.45, 7) is 11.0. The van der Waals surface area contributed by atoms with Gasteiger partial charge in [-0.25, -0.2) is 0 Å². The molecule has 3 aliphatic heterocycles. The number of carbonyl (C=O) groups excluding carboxylic acids is 3. The molecule has 3 unspecified atom stereocenters. The number of unbranched alkanes of at least 4 members (excludes halogenated alkanes) is 2. The number of thioether (sulfide) groups is 1. The van der Waals surface area contributed by atoms with Crippen LogP contribution in [0, 0.1) is 17.8 Å². The van der Waals surface area contributed by atoms with Crippen molar-refractivity contribution in [2.75, 3.05) is 43.2 Å². The molecular weight excluding hydrogens is 574 g/mol. The van der Waals surface area contributed by atoms with E-state index in [-0.39, 0.29) is 42.0 Å². The Kier molecular flexibility index (Phi) is 9.85. The Morgan fingerprint density at radius 2 is 1.64 bits per heavy atom. The molecule has 3 fully saturated rings. The summed E-state index contributed by atoms with van der Waals surface area (Å²) in [5, 5.41) is 9.30. The van der Waals surface area contributed by atoms with E-state index in [1.54, 1.807) is 45.7 Å². The van der Waals surface area contributed by atoms with Crippen molar-refractivity contribution in [3.8, 4) is 5.75 Å². The Bertz CT molecular complexity index is 1370. The van der Waals surface area contributed by atoms with E-state index in [9.17, 15) is 19.5 Å². The van der Waals surface area contributed by atoms with Crippen molar-refractivity contribution >= 4 is 40.9 Å². The summed E-state index contributed by atoms with van der Waals surface area (Å²) in [7, 11) is 1.60. The van der Waals surface area contributed by atoms with Crippen molar-refractivity contribution in [2.45, 2.75) is 48.6 Å². The standard InChI is InChI=1S/C35H43N3O5S/c1-5-19-36(25-13-9-7-10-14-25)32(40)29-28-23-24(3)35(44-28)30(29)33(41)38(21-11-8-12-22-39)31(35)34(42)37(20-6-2)26-15-17-27(43-4)18-16-26/h5-7,9-10,13-18,24,28-31,39H,1-2,8,11-12,19-23H2,3-4H3/t24?,28-,29+,30+,31?,35?/m1/s1. The van der Waals surface area contributed by atoms with Crippen molar-refractivity contribution in [1.29, 1.82) is 0 Å². The molecule has 2 aromatic rings. The fraction of sp³-hybridized carbons (Fsp3) is 0.457. The maximum absolute atomic E-state index is 14.8. The Hall–Kier alpha value is -3.56. The Balaban J connectivity index is 1.56. The first-order valence-electron chi connectivity index (χ1n) is 15.5. The van der Waals surface area contributed by atoms with Gasteiger partial charge in [0.05, 0.1) is 23.7 Å². The zero-order valence-electron chi connectivity index (χ0n) is 25.6. The van der Waals surface area contributed by atoms with Crippen molar-refractivity contribution in [1.82, 2.24) is 4.90 Å². The van der Waals surface area contributed by atoms with Crippen molar-refractivity contribution in [3.63, 3.8) is 0 Å². The highest BCUT2D eigenvalue weighted by molar-refractivity contribution is 8.02. The predicted molar refractivity (Wildman–Crippen MR) is 176 cm³/mol. The van der Waals surface area contributed by atoms with Gasteiger partial charge in [-0.3, -0.25) is 14.4 Å². The summed E-state index contributed by atoms with van der Waals surface area (Å²) in [5.41, 5.74) is 1.46. The van der Waals surface area contributed by atoms with Crippen molar-refractivity contribution in [3.05, 3.63) is 79.9 Å². The number of fused-ring (bicyclic) bond motifs is 1. The topological polar surface area (TPSA) is 90.4 Å². The molecule has 0 aromatic heterocycles. The van der Waals surface area contributed by atoms with Gasteiger partial charge in [-0.05, 0) is 68.0 Å². The fourth-order valence-corrected chi connectivity index (χ4v) is 9.90. The van der Waals surface area contributed by atoms with E-state index in [0.29, 0.717) is 37.4 Å². The van der Waals surface area contributed by atoms with Gasteiger partial charge in [0.25, 0.3) is 5.91 Å². The molecule has 9 heteroatoms. The molecule has 1 N–H and O–H groups in total. The van der Waals surface area contributed by atoms with Gasteiger partial charge >= 0.3 is 0 Å². The van der Waals surface area contributed by atoms with Crippen LogP contribution in [0.4, 0.5) is 11.4 Å². The molecule has 8 nitrogen and oxygen atoms in total. The molecule has 44 heavy (non-hydrogen) atoms. The van der Waals surface area contributed by atoms with Crippen LogP contribution < -0.4 is 14.5 Å². The SMILES string of the molecule is C=CCN(C(=O)C1N(CCCCCO)C(=O)[C@@H]2[C@@H](C(=O)N(CC=C)c3ccccc3)[C@H]3CC(C)C12S3)c1ccc(OC)cc1. The first-order valence-corrected chi connectivity index (χ1v) is 16.3. The molecule has 3 saturated heterocycles. The third-order valence-electron chi connectivity index (χ3n) is 9.43. The first kappa shape index (κ1) is 31.9. The lowest BCUT2D eigenvalue weighted by atomic mass is 9.65. The van der Waals surface area contributed by atoms with Crippen LogP contribution in [0.5, 0.6) is 5.75 Å². The Morgan fingerprint density at radius 1 is 1.00 bits per heavy atom. The normalized spacial score (nSPS) is 26.8. The van der Waals surface area contributed by atoms with Gasteiger partial charge in [0.1, 0.15) is 11.8 Å². The van der Waals surface area contributed by atoms with Gasteiger partial charge in [-0.2, -0.15) is 0 Å². The highest BCUT2D eigenvalue weighted by Gasteiger charge is 2.76. The lowest BCUT2D eigenvalue weighted by Crippen LogP contribution is -2.57. The second-order valence-corrected chi connectivity index (χ2v) is 13.4. The van der Waals surface area contributed by atoms with E-state index in [4.69, 9.17) is 4.74 Å². The number of benzene rings is 2. The molecule has 2 bridgehead atoms. The zero-order chi connectivity index (χ0) is 31.4. The quantitative estimate of drug-likeness (QED) is 0.239. The van der Waals surface area contributed by atoms with Gasteiger partial charge in [0, 0.05) is 42.9 Å². The van der Waals surface area contributed by atoms with Crippen LogP contribution in [0.25, 0.3) is 0 Å². The average molecular weight is 618 g/mol. The van der Waals surface area contributed by atoms with Gasteiger partial charge in [-0.1, -0.05) is 37.3 Å². The number of ether oxygens (including phenoxy) is 1. The summed E-state index contributed by atoms with van der Waals surface area (Å²) in [6, 6.07) is 16.1.